The molecule has 41 heavy (non-hydrogen) atoms. The Morgan fingerprint density at radius 1 is 1.02 bits per heavy atom. The summed E-state index contributed by atoms with van der Waals surface area (Å²) in [5.74, 6) is 4.15. The summed E-state index contributed by atoms with van der Waals surface area (Å²) in [6.07, 6.45) is 5.27. The van der Waals surface area contributed by atoms with Crippen molar-refractivity contribution in [3.05, 3.63) is 71.4 Å². The lowest BCUT2D eigenvalue weighted by molar-refractivity contribution is -0.832. The fourth-order valence-corrected chi connectivity index (χ4v) is 4.55. The number of carbonyl (C=O) groups excluding carboxylic acids is 2. The molecule has 1 aromatic heterocycles. The maximum absolute atomic E-state index is 12.7. The van der Waals surface area contributed by atoms with Crippen LogP contribution in [-0.2, 0) is 24.2 Å². The molecular weight excluding hydrogens is 558 g/mol. The van der Waals surface area contributed by atoms with Crippen molar-refractivity contribution < 1.29 is 47.0 Å². The van der Waals surface area contributed by atoms with Crippen LogP contribution in [0.5, 0.6) is 11.6 Å². The quantitative estimate of drug-likeness (QED) is 0.0538. The average molecular weight is 586 g/mol. The predicted molar refractivity (Wildman–Crippen MR) is 141 cm³/mol. The van der Waals surface area contributed by atoms with Gasteiger partial charge in [0.1, 0.15) is 5.75 Å². The number of ether oxygens (including phenoxy) is 3. The van der Waals surface area contributed by atoms with E-state index in [1.54, 1.807) is 41.9 Å². The van der Waals surface area contributed by atoms with E-state index in [0.717, 1.165) is 18.4 Å². The van der Waals surface area contributed by atoms with Gasteiger partial charge in [-0.25, -0.2) is 18.7 Å². The van der Waals surface area contributed by atoms with Crippen LogP contribution >= 0.6 is 0 Å². The molecule has 0 radical (unpaired) electrons. The van der Waals surface area contributed by atoms with Gasteiger partial charge in [-0.15, -0.1) is 0 Å². The number of unbranched alkanes of at least 4 members (excludes halogenated alkanes) is 2. The van der Waals surface area contributed by atoms with Gasteiger partial charge in [0.2, 0.25) is 5.91 Å². The Morgan fingerprint density at radius 3 is 2.49 bits per heavy atom. The van der Waals surface area contributed by atoms with E-state index in [4.69, 9.17) is 19.4 Å². The van der Waals surface area contributed by atoms with Crippen molar-refractivity contribution >= 4 is 27.8 Å². The number of carbonyl (C=O) groups is 2. The zero-order valence-electron chi connectivity index (χ0n) is 21.7. The zero-order chi connectivity index (χ0) is 29.5. The Bertz CT molecular complexity index is 1490. The lowest BCUT2D eigenvalue weighted by Gasteiger charge is -2.06. The summed E-state index contributed by atoms with van der Waals surface area (Å²) in [7, 11) is -4.24. The zero-order valence-corrected chi connectivity index (χ0v) is 22.5. The van der Waals surface area contributed by atoms with Crippen LogP contribution in [0.15, 0.2) is 75.2 Å². The van der Waals surface area contributed by atoms with Gasteiger partial charge in [-0.1, -0.05) is 42.2 Å². The molecule has 1 heterocycles. The Labute approximate surface area is 235 Å². The largest absolute Gasteiger partial charge is 0.494 e. The van der Waals surface area contributed by atoms with Crippen LogP contribution in [-0.4, -0.2) is 50.5 Å². The highest BCUT2D eigenvalue weighted by Gasteiger charge is 2.35. The van der Waals surface area contributed by atoms with Gasteiger partial charge in [-0.2, -0.15) is 0 Å². The summed E-state index contributed by atoms with van der Waals surface area (Å²) in [6.45, 7) is -0.106. The van der Waals surface area contributed by atoms with Crippen LogP contribution in [0.3, 0.4) is 0 Å². The minimum absolute atomic E-state index is 0.135. The van der Waals surface area contributed by atoms with Gasteiger partial charge in [-0.05, 0) is 60.1 Å². The van der Waals surface area contributed by atoms with Crippen molar-refractivity contribution in [1.29, 1.82) is 0 Å². The van der Waals surface area contributed by atoms with Crippen LogP contribution < -0.4 is 19.9 Å². The SMILES string of the molecule is O=C(CCCCCOc1ccc(C=CC(=O)OCC#CCOc2no[n+]([O-])c2S(=O)(=O)c2ccccc2)cc1)NO. The van der Waals surface area contributed by atoms with Crippen LogP contribution in [0.2, 0.25) is 0 Å². The fourth-order valence-electron chi connectivity index (χ4n) is 3.25. The average Bonchev–Trinajstić information content (AvgIpc) is 3.37. The summed E-state index contributed by atoms with van der Waals surface area (Å²) >= 11 is 0. The molecule has 0 saturated heterocycles. The predicted octanol–water partition coefficient (Wildman–Crippen LogP) is 2.22. The monoisotopic (exact) mass is 585 g/mol. The molecular formula is C27H27N3O10S. The summed E-state index contributed by atoms with van der Waals surface area (Å²) in [4.78, 5) is 22.5. The molecule has 1 amide bonds. The summed E-state index contributed by atoms with van der Waals surface area (Å²) in [6, 6.07) is 14.3. The van der Waals surface area contributed by atoms with E-state index in [1.165, 1.54) is 30.3 Å². The highest BCUT2D eigenvalue weighted by atomic mass is 32.2. The molecule has 14 heteroatoms. The normalized spacial score (nSPS) is 11.0. The third-order valence-electron chi connectivity index (χ3n) is 5.28. The molecule has 2 N–H and O–H groups in total. The van der Waals surface area contributed by atoms with E-state index in [9.17, 15) is 23.2 Å². The van der Waals surface area contributed by atoms with E-state index >= 15 is 0 Å². The summed E-state index contributed by atoms with van der Waals surface area (Å²) < 4.78 is 45.6. The fraction of sp³-hybridized carbons (Fsp3) is 0.259. The number of hydrogen-bond acceptors (Lipinski definition) is 11. The van der Waals surface area contributed by atoms with E-state index in [-0.39, 0.29) is 29.4 Å². The van der Waals surface area contributed by atoms with Crippen molar-refractivity contribution in [3.8, 4) is 23.5 Å². The van der Waals surface area contributed by atoms with Crippen LogP contribution in [0, 0.1) is 17.0 Å². The van der Waals surface area contributed by atoms with Crippen molar-refractivity contribution in [2.75, 3.05) is 19.8 Å². The molecule has 0 spiro atoms. The first-order valence-corrected chi connectivity index (χ1v) is 13.8. The number of esters is 1. The molecule has 0 aliphatic rings. The lowest BCUT2D eigenvalue weighted by atomic mass is 10.2. The topological polar surface area (TPSA) is 181 Å². The second-order valence-corrected chi connectivity index (χ2v) is 10.1. The molecule has 13 nitrogen and oxygen atoms in total. The molecule has 0 atom stereocenters. The van der Waals surface area contributed by atoms with Crippen LogP contribution in [0.25, 0.3) is 6.08 Å². The Kier molecular flexibility index (Phi) is 11.7. The Balaban J connectivity index is 1.38. The first-order chi connectivity index (χ1) is 19.8. The first-order valence-electron chi connectivity index (χ1n) is 12.3. The molecule has 3 rings (SSSR count). The highest BCUT2D eigenvalue weighted by molar-refractivity contribution is 7.91. The van der Waals surface area contributed by atoms with Crippen molar-refractivity contribution in [3.63, 3.8) is 0 Å². The number of rotatable bonds is 14. The minimum Gasteiger partial charge on any atom is -0.494 e. The number of hydroxylamine groups is 1. The second-order valence-electron chi connectivity index (χ2n) is 8.20. The molecule has 216 valence electrons. The molecule has 0 unspecified atom stereocenters. The van der Waals surface area contributed by atoms with Crippen LogP contribution in [0.4, 0.5) is 0 Å². The van der Waals surface area contributed by atoms with Gasteiger partial charge in [-0.3, -0.25) is 14.6 Å². The number of amides is 1. The van der Waals surface area contributed by atoms with Gasteiger partial charge in [0, 0.05) is 12.5 Å². The van der Waals surface area contributed by atoms with Crippen molar-refractivity contribution in [2.24, 2.45) is 0 Å². The number of benzene rings is 2. The molecule has 2 aromatic carbocycles. The van der Waals surface area contributed by atoms with Gasteiger partial charge < -0.3 is 19.4 Å². The molecule has 0 bridgehead atoms. The van der Waals surface area contributed by atoms with Crippen molar-refractivity contribution in [2.45, 2.75) is 35.6 Å². The molecule has 3 aromatic rings. The van der Waals surface area contributed by atoms with Gasteiger partial charge in [0.25, 0.3) is 9.84 Å². The maximum atomic E-state index is 12.7. The smallest absolute Gasteiger partial charge is 0.415 e. The highest BCUT2D eigenvalue weighted by Crippen LogP contribution is 2.24. The lowest BCUT2D eigenvalue weighted by Crippen LogP contribution is -2.30. The summed E-state index contributed by atoms with van der Waals surface area (Å²) in [5.41, 5.74) is 2.34. The molecule has 0 aliphatic heterocycles. The van der Waals surface area contributed by atoms with Gasteiger partial charge in [0.15, 0.2) is 13.2 Å². The van der Waals surface area contributed by atoms with E-state index < -0.39 is 32.6 Å². The first kappa shape index (κ1) is 30.7. The Hall–Kier alpha value is -4.87. The number of sulfone groups is 1. The second kappa shape index (κ2) is 15.7. The van der Waals surface area contributed by atoms with Gasteiger partial charge in [0.05, 0.1) is 16.7 Å². The number of aromatic nitrogens is 2. The molecule has 0 aliphatic carbocycles. The molecule has 0 saturated carbocycles. The minimum atomic E-state index is -4.24. The third-order valence-corrected chi connectivity index (χ3v) is 7.01. The van der Waals surface area contributed by atoms with E-state index in [2.05, 4.69) is 21.6 Å². The van der Waals surface area contributed by atoms with E-state index in [1.807, 2.05) is 0 Å². The molecule has 0 fully saturated rings. The standard InChI is InChI=1S/C27H27N3O10S/c31-24(28-33)11-5-2-6-18-37-22-15-12-21(13-16-22)14-17-25(32)38-19-7-8-20-39-26-27(30(34)40-29-26)41(35,36)23-9-3-1-4-10-23/h1,3-4,9-10,12-17,33H,2,5-6,11,18-20H2,(H,28,31). The summed E-state index contributed by atoms with van der Waals surface area (Å²) in [5, 5.41) is 22.8. The number of hydrogen-bond donors (Lipinski definition) is 2. The number of nitrogens with one attached hydrogen (secondary N) is 1. The van der Waals surface area contributed by atoms with Crippen LogP contribution in [0.1, 0.15) is 31.2 Å². The Morgan fingerprint density at radius 2 is 1.76 bits per heavy atom. The van der Waals surface area contributed by atoms with E-state index in [0.29, 0.717) is 18.8 Å². The van der Waals surface area contributed by atoms with Gasteiger partial charge >= 0.3 is 16.9 Å². The third kappa shape index (κ3) is 9.67. The number of nitrogens with zero attached hydrogens (tertiary/aromatic N) is 2. The maximum Gasteiger partial charge on any atom is 0.415 e. The van der Waals surface area contributed by atoms with Crippen molar-refractivity contribution in [1.82, 2.24) is 10.6 Å².